The molecule has 24 heavy (non-hydrogen) atoms. The van der Waals surface area contributed by atoms with Gasteiger partial charge in [-0.3, -0.25) is 4.40 Å². The van der Waals surface area contributed by atoms with Gasteiger partial charge in [0.25, 0.3) is 0 Å². The van der Waals surface area contributed by atoms with Gasteiger partial charge in [0.15, 0.2) is 5.65 Å². The van der Waals surface area contributed by atoms with Crippen molar-refractivity contribution in [3.05, 3.63) is 71.5 Å². The molecule has 0 spiro atoms. The van der Waals surface area contributed by atoms with Gasteiger partial charge in [-0.25, -0.2) is 9.67 Å². The summed E-state index contributed by atoms with van der Waals surface area (Å²) in [4.78, 5) is 8.63. The minimum atomic E-state index is 0.498. The van der Waals surface area contributed by atoms with Crippen molar-refractivity contribution < 1.29 is 0 Å². The van der Waals surface area contributed by atoms with Crippen LogP contribution in [0.2, 0.25) is 0 Å². The van der Waals surface area contributed by atoms with E-state index in [-0.39, 0.29) is 0 Å². The van der Waals surface area contributed by atoms with Gasteiger partial charge in [0.05, 0.1) is 23.3 Å². The Hall–Kier alpha value is -3.46. The van der Waals surface area contributed by atoms with Crippen LogP contribution in [-0.2, 0) is 6.54 Å². The molecule has 0 aliphatic rings. The van der Waals surface area contributed by atoms with Gasteiger partial charge in [0, 0.05) is 0 Å². The maximum Gasteiger partial charge on any atom is 0.244 e. The maximum absolute atomic E-state index is 9.14. The van der Waals surface area contributed by atoms with Gasteiger partial charge in [0.2, 0.25) is 11.8 Å². The molecule has 4 aromatic rings. The van der Waals surface area contributed by atoms with Crippen molar-refractivity contribution in [1.82, 2.24) is 19.2 Å². The van der Waals surface area contributed by atoms with Gasteiger partial charge in [-0.1, -0.05) is 42.5 Å². The zero-order valence-electron chi connectivity index (χ0n) is 13.1. The molecule has 0 radical (unpaired) electrons. The van der Waals surface area contributed by atoms with Gasteiger partial charge >= 0.3 is 0 Å². The number of fused-ring (bicyclic) bond motifs is 3. The van der Waals surface area contributed by atoms with E-state index in [1.54, 1.807) is 4.68 Å². The Labute approximate surface area is 138 Å². The van der Waals surface area contributed by atoms with Crippen LogP contribution in [0.3, 0.4) is 0 Å². The molecule has 2 aromatic heterocycles. The average Bonchev–Trinajstić information content (AvgIpc) is 2.96. The molecule has 0 bridgehead atoms. The Morgan fingerprint density at radius 1 is 1.08 bits per heavy atom. The van der Waals surface area contributed by atoms with Crippen molar-refractivity contribution in [2.75, 3.05) is 0 Å². The Balaban J connectivity index is 2.07. The minimum absolute atomic E-state index is 0.498. The molecule has 6 heteroatoms. The molecule has 6 nitrogen and oxygen atoms in total. The standard InChI is InChI=1S/C18H14N6/c1-13-17-22-23(11-14-7-3-2-4-8-14)18(20-12-19)24(17)16-10-6-5-9-15(16)21-13/h2-10H,11H2,1H3. The van der Waals surface area contributed by atoms with Crippen molar-refractivity contribution in [3.8, 4) is 6.19 Å². The third kappa shape index (κ3) is 2.23. The summed E-state index contributed by atoms with van der Waals surface area (Å²) in [7, 11) is 0. The first kappa shape index (κ1) is 14.2. The second-order valence-electron chi connectivity index (χ2n) is 5.50. The largest absolute Gasteiger partial charge is 0.257 e. The van der Waals surface area contributed by atoms with Crippen molar-refractivity contribution >= 4 is 16.7 Å². The highest BCUT2D eigenvalue weighted by molar-refractivity contribution is 5.78. The lowest BCUT2D eigenvalue weighted by molar-refractivity contribution is 0.646. The van der Waals surface area contributed by atoms with Gasteiger partial charge in [-0.15, -0.1) is 10.1 Å². The molecule has 0 saturated carbocycles. The predicted octanol–water partition coefficient (Wildman–Crippen LogP) is 2.42. The molecule has 4 rings (SSSR count). The van der Waals surface area contributed by atoms with E-state index in [0.717, 1.165) is 22.3 Å². The fourth-order valence-corrected chi connectivity index (χ4v) is 2.86. The van der Waals surface area contributed by atoms with Gasteiger partial charge < -0.3 is 0 Å². The maximum atomic E-state index is 9.14. The molecule has 2 heterocycles. The molecule has 0 saturated heterocycles. The number of aryl methyl sites for hydroxylation is 1. The number of para-hydroxylation sites is 2. The number of aromatic nitrogens is 4. The summed E-state index contributed by atoms with van der Waals surface area (Å²) < 4.78 is 3.64. The molecule has 0 atom stereocenters. The zero-order valence-corrected chi connectivity index (χ0v) is 13.1. The van der Waals surface area contributed by atoms with Gasteiger partial charge in [-0.2, -0.15) is 5.26 Å². The Morgan fingerprint density at radius 2 is 1.83 bits per heavy atom. The van der Waals surface area contributed by atoms with E-state index in [4.69, 9.17) is 5.26 Å². The van der Waals surface area contributed by atoms with Crippen molar-refractivity contribution in [2.24, 2.45) is 4.99 Å². The monoisotopic (exact) mass is 314 g/mol. The van der Waals surface area contributed by atoms with Crippen LogP contribution in [-0.4, -0.2) is 19.2 Å². The van der Waals surface area contributed by atoms with E-state index >= 15 is 0 Å². The average molecular weight is 314 g/mol. The number of benzene rings is 2. The Bertz CT molecular complexity index is 1150. The minimum Gasteiger partial charge on any atom is -0.257 e. The molecule has 2 aromatic carbocycles. The molecule has 0 unspecified atom stereocenters. The van der Waals surface area contributed by atoms with E-state index in [2.05, 4.69) is 15.1 Å². The first-order chi connectivity index (χ1) is 11.8. The lowest BCUT2D eigenvalue weighted by Crippen LogP contribution is -2.23. The quantitative estimate of drug-likeness (QED) is 0.533. The SMILES string of the molecule is Cc1nc2ccccc2n2c(=NC#N)n(Cc3ccccc3)nc12. The van der Waals surface area contributed by atoms with Crippen LogP contribution in [0.4, 0.5) is 0 Å². The molecule has 0 N–H and O–H groups in total. The van der Waals surface area contributed by atoms with Crippen molar-refractivity contribution in [3.63, 3.8) is 0 Å². The number of nitrogens with zero attached hydrogens (tertiary/aromatic N) is 6. The van der Waals surface area contributed by atoms with Crippen LogP contribution < -0.4 is 5.62 Å². The van der Waals surface area contributed by atoms with E-state index < -0.39 is 0 Å². The van der Waals surface area contributed by atoms with E-state index in [1.807, 2.05) is 72.1 Å². The summed E-state index contributed by atoms with van der Waals surface area (Å²) in [6.45, 7) is 2.45. The van der Waals surface area contributed by atoms with Crippen LogP contribution in [0, 0.1) is 18.4 Å². The number of hydrogen-bond donors (Lipinski definition) is 0. The van der Waals surface area contributed by atoms with Crippen LogP contribution in [0.1, 0.15) is 11.3 Å². The van der Waals surface area contributed by atoms with Crippen LogP contribution in [0.25, 0.3) is 16.7 Å². The summed E-state index contributed by atoms with van der Waals surface area (Å²) >= 11 is 0. The van der Waals surface area contributed by atoms with Crippen molar-refractivity contribution in [2.45, 2.75) is 13.5 Å². The van der Waals surface area contributed by atoms with Crippen LogP contribution in [0.5, 0.6) is 0 Å². The van der Waals surface area contributed by atoms with Gasteiger partial charge in [0.1, 0.15) is 0 Å². The van der Waals surface area contributed by atoms with E-state index in [9.17, 15) is 0 Å². The number of nitriles is 1. The first-order valence-electron chi connectivity index (χ1n) is 7.59. The highest BCUT2D eigenvalue weighted by atomic mass is 15.4. The summed E-state index contributed by atoms with van der Waals surface area (Å²) in [5, 5.41) is 13.8. The fourth-order valence-electron chi connectivity index (χ4n) is 2.86. The first-order valence-corrected chi connectivity index (χ1v) is 7.59. The summed E-state index contributed by atoms with van der Waals surface area (Å²) in [5.74, 6) is 0. The number of rotatable bonds is 2. The third-order valence-corrected chi connectivity index (χ3v) is 3.92. The normalized spacial score (nSPS) is 11.9. The van der Waals surface area contributed by atoms with E-state index in [1.165, 1.54) is 0 Å². The molecule has 0 aliphatic heterocycles. The van der Waals surface area contributed by atoms with Crippen LogP contribution in [0.15, 0.2) is 59.6 Å². The molecular weight excluding hydrogens is 300 g/mol. The zero-order chi connectivity index (χ0) is 16.5. The Morgan fingerprint density at radius 3 is 2.62 bits per heavy atom. The summed E-state index contributed by atoms with van der Waals surface area (Å²) in [6, 6.07) is 17.8. The lowest BCUT2D eigenvalue weighted by atomic mass is 10.2. The third-order valence-electron chi connectivity index (χ3n) is 3.92. The molecule has 0 fully saturated rings. The number of hydrogen-bond acceptors (Lipinski definition) is 4. The molecule has 0 aliphatic carbocycles. The summed E-state index contributed by atoms with van der Waals surface area (Å²) in [6.07, 6.45) is 1.90. The Kier molecular flexibility index (Phi) is 3.32. The molecule has 0 amide bonds. The predicted molar refractivity (Wildman–Crippen MR) is 89.9 cm³/mol. The molecule has 116 valence electrons. The second-order valence-corrected chi connectivity index (χ2v) is 5.50. The highest BCUT2D eigenvalue weighted by Gasteiger charge is 2.12. The second kappa shape index (κ2) is 5.63. The van der Waals surface area contributed by atoms with Crippen molar-refractivity contribution in [1.29, 1.82) is 5.26 Å². The summed E-state index contributed by atoms with van der Waals surface area (Å²) in [5.41, 5.74) is 4.83. The fraction of sp³-hybridized carbons (Fsp3) is 0.111. The topological polar surface area (TPSA) is 71.3 Å². The highest BCUT2D eigenvalue weighted by Crippen LogP contribution is 2.14. The smallest absolute Gasteiger partial charge is 0.244 e. The lowest BCUT2D eigenvalue weighted by Gasteiger charge is -2.02. The van der Waals surface area contributed by atoms with E-state index in [0.29, 0.717) is 17.8 Å². The van der Waals surface area contributed by atoms with Crippen LogP contribution >= 0.6 is 0 Å². The molecular formula is C18H14N6. The van der Waals surface area contributed by atoms with Gasteiger partial charge in [-0.05, 0) is 24.6 Å².